The Morgan fingerprint density at radius 3 is 2.29 bits per heavy atom. The fraction of sp³-hybridized carbons (Fsp3) is 0.136. The largest absolute Gasteiger partial charge is 0.489 e. The minimum Gasteiger partial charge on any atom is -0.489 e. The predicted octanol–water partition coefficient (Wildman–Crippen LogP) is 4.80. The Bertz CT molecular complexity index is 899. The normalized spacial score (nSPS) is 10.5. The number of rotatable bonds is 8. The van der Waals surface area contributed by atoms with Crippen molar-refractivity contribution < 1.29 is 23.0 Å². The Kier molecular flexibility index (Phi) is 6.57. The van der Waals surface area contributed by atoms with Gasteiger partial charge in [0.2, 0.25) is 0 Å². The van der Waals surface area contributed by atoms with Crippen molar-refractivity contribution in [1.29, 1.82) is 0 Å². The lowest BCUT2D eigenvalue weighted by molar-refractivity contribution is -0.0498. The lowest BCUT2D eigenvalue weighted by Gasteiger charge is -2.09. The third kappa shape index (κ3) is 5.81. The first-order chi connectivity index (χ1) is 13.6. The molecule has 0 spiro atoms. The number of hydrogen-bond donors (Lipinski definition) is 1. The van der Waals surface area contributed by atoms with Gasteiger partial charge >= 0.3 is 6.61 Å². The first kappa shape index (κ1) is 19.4. The molecule has 0 saturated heterocycles. The molecule has 0 unspecified atom stereocenters. The van der Waals surface area contributed by atoms with Crippen LogP contribution in [-0.2, 0) is 13.2 Å². The fourth-order valence-corrected chi connectivity index (χ4v) is 2.55. The minimum atomic E-state index is -2.88. The van der Waals surface area contributed by atoms with Gasteiger partial charge in [0, 0.05) is 12.1 Å². The van der Waals surface area contributed by atoms with E-state index in [1.54, 1.807) is 24.3 Å². The molecule has 144 valence electrons. The van der Waals surface area contributed by atoms with Gasteiger partial charge in [-0.15, -0.1) is 0 Å². The second-order valence-electron chi connectivity index (χ2n) is 6.01. The summed E-state index contributed by atoms with van der Waals surface area (Å²) in [6.07, 6.45) is 0. The highest BCUT2D eigenvalue weighted by molar-refractivity contribution is 5.94. The number of benzene rings is 3. The van der Waals surface area contributed by atoms with Crippen LogP contribution in [0.3, 0.4) is 0 Å². The molecule has 0 aliphatic rings. The van der Waals surface area contributed by atoms with Gasteiger partial charge < -0.3 is 14.8 Å². The minimum absolute atomic E-state index is 0.0597. The van der Waals surface area contributed by atoms with E-state index in [4.69, 9.17) is 4.74 Å². The molecule has 28 heavy (non-hydrogen) atoms. The van der Waals surface area contributed by atoms with Crippen LogP contribution in [0.4, 0.5) is 8.78 Å². The number of hydrogen-bond acceptors (Lipinski definition) is 3. The van der Waals surface area contributed by atoms with Crippen LogP contribution in [0, 0.1) is 0 Å². The molecule has 0 aromatic heterocycles. The first-order valence-electron chi connectivity index (χ1n) is 8.69. The molecular weight excluding hydrogens is 364 g/mol. The highest BCUT2D eigenvalue weighted by atomic mass is 19.3. The van der Waals surface area contributed by atoms with Gasteiger partial charge in [0.05, 0.1) is 0 Å². The molecule has 1 N–H and O–H groups in total. The van der Waals surface area contributed by atoms with Gasteiger partial charge in [-0.05, 0) is 47.5 Å². The molecule has 6 heteroatoms. The van der Waals surface area contributed by atoms with Crippen molar-refractivity contribution in [1.82, 2.24) is 5.32 Å². The molecule has 0 bridgehead atoms. The summed E-state index contributed by atoms with van der Waals surface area (Å²) < 4.78 is 34.6. The standard InChI is InChI=1S/C22H19F2NO3/c23-22(24)28-20-8-4-5-17(13-20)14-25-21(26)18-11-9-16(10-12-18)15-27-19-6-2-1-3-7-19/h1-13,22H,14-15H2,(H,25,26). The van der Waals surface area contributed by atoms with Crippen molar-refractivity contribution in [3.05, 3.63) is 95.6 Å². The number of para-hydroxylation sites is 1. The summed E-state index contributed by atoms with van der Waals surface area (Å²) in [4.78, 5) is 12.3. The van der Waals surface area contributed by atoms with E-state index in [0.29, 0.717) is 17.7 Å². The van der Waals surface area contributed by atoms with Crippen LogP contribution in [-0.4, -0.2) is 12.5 Å². The molecule has 3 aromatic rings. The molecule has 0 heterocycles. The van der Waals surface area contributed by atoms with Crippen molar-refractivity contribution >= 4 is 5.91 Å². The van der Waals surface area contributed by atoms with Gasteiger partial charge in [-0.3, -0.25) is 4.79 Å². The van der Waals surface area contributed by atoms with Crippen LogP contribution in [0.5, 0.6) is 11.5 Å². The van der Waals surface area contributed by atoms with Gasteiger partial charge in [-0.25, -0.2) is 0 Å². The van der Waals surface area contributed by atoms with Crippen LogP contribution in [0.2, 0.25) is 0 Å². The maximum absolute atomic E-state index is 12.3. The Hall–Kier alpha value is -3.41. The Balaban J connectivity index is 1.52. The number of ether oxygens (including phenoxy) is 2. The van der Waals surface area contributed by atoms with Crippen molar-refractivity contribution in [2.75, 3.05) is 0 Å². The van der Waals surface area contributed by atoms with E-state index in [2.05, 4.69) is 10.1 Å². The predicted molar refractivity (Wildman–Crippen MR) is 101 cm³/mol. The van der Waals surface area contributed by atoms with Gasteiger partial charge in [0.25, 0.3) is 5.91 Å². The van der Waals surface area contributed by atoms with Crippen LogP contribution < -0.4 is 14.8 Å². The number of alkyl halides is 2. The van der Waals surface area contributed by atoms with Gasteiger partial charge in [0.1, 0.15) is 18.1 Å². The lowest BCUT2D eigenvalue weighted by Crippen LogP contribution is -2.22. The molecule has 3 rings (SSSR count). The van der Waals surface area contributed by atoms with E-state index in [1.807, 2.05) is 42.5 Å². The molecule has 1 amide bonds. The third-order valence-corrected chi connectivity index (χ3v) is 3.94. The zero-order valence-electron chi connectivity index (χ0n) is 15.0. The molecular formula is C22H19F2NO3. The number of nitrogens with one attached hydrogen (secondary N) is 1. The average Bonchev–Trinajstić information content (AvgIpc) is 2.71. The molecule has 0 aliphatic heterocycles. The number of amides is 1. The van der Waals surface area contributed by atoms with E-state index >= 15 is 0 Å². The molecule has 3 aromatic carbocycles. The first-order valence-corrected chi connectivity index (χ1v) is 8.69. The summed E-state index contributed by atoms with van der Waals surface area (Å²) in [5, 5.41) is 2.76. The highest BCUT2D eigenvalue weighted by Gasteiger charge is 2.08. The average molecular weight is 383 g/mol. The number of carbonyl (C=O) groups excluding carboxylic acids is 1. The van der Waals surface area contributed by atoms with Crippen LogP contribution in [0.1, 0.15) is 21.5 Å². The van der Waals surface area contributed by atoms with Crippen molar-refractivity contribution in [3.63, 3.8) is 0 Å². The third-order valence-electron chi connectivity index (χ3n) is 3.94. The van der Waals surface area contributed by atoms with Gasteiger partial charge in [-0.2, -0.15) is 8.78 Å². The molecule has 4 nitrogen and oxygen atoms in total. The maximum atomic E-state index is 12.3. The summed E-state index contributed by atoms with van der Waals surface area (Å²) >= 11 is 0. The van der Waals surface area contributed by atoms with Crippen molar-refractivity contribution in [2.24, 2.45) is 0 Å². The topological polar surface area (TPSA) is 47.6 Å². The van der Waals surface area contributed by atoms with Crippen LogP contribution in [0.15, 0.2) is 78.9 Å². The monoisotopic (exact) mass is 383 g/mol. The van der Waals surface area contributed by atoms with Crippen molar-refractivity contribution in [2.45, 2.75) is 19.8 Å². The van der Waals surface area contributed by atoms with Crippen molar-refractivity contribution in [3.8, 4) is 11.5 Å². The van der Waals surface area contributed by atoms with Crippen LogP contribution in [0.25, 0.3) is 0 Å². The summed E-state index contributed by atoms with van der Waals surface area (Å²) in [5.41, 5.74) is 2.11. The molecule has 0 fully saturated rings. The Labute approximate surface area is 161 Å². The zero-order valence-corrected chi connectivity index (χ0v) is 15.0. The molecule has 0 aliphatic carbocycles. The lowest BCUT2D eigenvalue weighted by atomic mass is 10.1. The quantitative estimate of drug-likeness (QED) is 0.608. The fourth-order valence-electron chi connectivity index (χ4n) is 2.55. The summed E-state index contributed by atoms with van der Waals surface area (Å²) in [7, 11) is 0. The van der Waals surface area contributed by atoms with Crippen LogP contribution >= 0.6 is 0 Å². The second-order valence-corrected chi connectivity index (χ2v) is 6.01. The number of carbonyl (C=O) groups is 1. The summed E-state index contributed by atoms with van der Waals surface area (Å²) in [6.45, 7) is -2.27. The molecule has 0 radical (unpaired) electrons. The number of halogens is 2. The van der Waals surface area contributed by atoms with Gasteiger partial charge in [0.15, 0.2) is 0 Å². The smallest absolute Gasteiger partial charge is 0.387 e. The molecule has 0 saturated carbocycles. The SMILES string of the molecule is O=C(NCc1cccc(OC(F)F)c1)c1ccc(COc2ccccc2)cc1. The second kappa shape index (κ2) is 9.50. The Morgan fingerprint density at radius 1 is 0.857 bits per heavy atom. The molecule has 0 atom stereocenters. The summed E-state index contributed by atoms with van der Waals surface area (Å²) in [6, 6.07) is 22.8. The van der Waals surface area contributed by atoms with E-state index in [0.717, 1.165) is 11.3 Å². The zero-order chi connectivity index (χ0) is 19.8. The van der Waals surface area contributed by atoms with E-state index in [1.165, 1.54) is 12.1 Å². The highest BCUT2D eigenvalue weighted by Crippen LogP contribution is 2.16. The van der Waals surface area contributed by atoms with Gasteiger partial charge in [-0.1, -0.05) is 42.5 Å². The van der Waals surface area contributed by atoms with E-state index in [9.17, 15) is 13.6 Å². The van der Waals surface area contributed by atoms with E-state index in [-0.39, 0.29) is 18.2 Å². The summed E-state index contributed by atoms with van der Waals surface area (Å²) in [5.74, 6) is 0.586. The Morgan fingerprint density at radius 2 is 1.57 bits per heavy atom. The maximum Gasteiger partial charge on any atom is 0.387 e. The van der Waals surface area contributed by atoms with E-state index < -0.39 is 6.61 Å².